The Balaban J connectivity index is 2.00. The predicted molar refractivity (Wildman–Crippen MR) is 101 cm³/mol. The lowest BCUT2D eigenvalue weighted by molar-refractivity contribution is 0.0938. The SMILES string of the molecule is CCCC(C)NC(=O)c1cc(-c2ccc(C)cc2)cc(-n2cnnn2)c1. The second-order valence-corrected chi connectivity index (χ2v) is 6.55. The van der Waals surface area contributed by atoms with Gasteiger partial charge < -0.3 is 5.32 Å². The fourth-order valence-electron chi connectivity index (χ4n) is 2.88. The van der Waals surface area contributed by atoms with Gasteiger partial charge in [0.05, 0.1) is 5.69 Å². The van der Waals surface area contributed by atoms with Gasteiger partial charge in [0, 0.05) is 11.6 Å². The monoisotopic (exact) mass is 349 g/mol. The van der Waals surface area contributed by atoms with Crippen molar-refractivity contribution in [3.05, 3.63) is 59.9 Å². The first kappa shape index (κ1) is 17.8. The standard InChI is InChI=1S/C20H23N5O/c1-4-5-15(3)22-20(26)18-10-17(16-8-6-14(2)7-9-16)11-19(12-18)25-13-21-23-24-25/h6-13,15H,4-5H2,1-3H3,(H,22,26). The van der Waals surface area contributed by atoms with Crippen LogP contribution in [0.5, 0.6) is 0 Å². The molecule has 26 heavy (non-hydrogen) atoms. The lowest BCUT2D eigenvalue weighted by Crippen LogP contribution is -2.32. The molecule has 0 bridgehead atoms. The molecule has 0 saturated carbocycles. The first-order valence-corrected chi connectivity index (χ1v) is 8.83. The van der Waals surface area contributed by atoms with Gasteiger partial charge in [0.1, 0.15) is 6.33 Å². The molecule has 3 rings (SSSR count). The lowest BCUT2D eigenvalue weighted by atomic mass is 10.0. The number of carbonyl (C=O) groups excluding carboxylic acids is 1. The van der Waals surface area contributed by atoms with Crippen LogP contribution in [0.25, 0.3) is 16.8 Å². The minimum atomic E-state index is -0.0887. The average molecular weight is 349 g/mol. The molecule has 0 saturated heterocycles. The number of rotatable bonds is 6. The quantitative estimate of drug-likeness (QED) is 0.738. The summed E-state index contributed by atoms with van der Waals surface area (Å²) in [4.78, 5) is 12.7. The predicted octanol–water partition coefficient (Wildman–Crippen LogP) is 3.56. The zero-order valence-corrected chi connectivity index (χ0v) is 15.3. The number of aryl methyl sites for hydroxylation is 1. The highest BCUT2D eigenvalue weighted by molar-refractivity contribution is 5.96. The summed E-state index contributed by atoms with van der Waals surface area (Å²) in [7, 11) is 0. The maximum absolute atomic E-state index is 12.7. The van der Waals surface area contributed by atoms with Crippen LogP contribution in [0, 0.1) is 6.92 Å². The van der Waals surface area contributed by atoms with Crippen LogP contribution in [0.3, 0.4) is 0 Å². The van der Waals surface area contributed by atoms with Gasteiger partial charge in [-0.1, -0.05) is 43.2 Å². The van der Waals surface area contributed by atoms with Gasteiger partial charge >= 0.3 is 0 Å². The van der Waals surface area contributed by atoms with Crippen LogP contribution in [-0.4, -0.2) is 32.2 Å². The van der Waals surface area contributed by atoms with E-state index < -0.39 is 0 Å². The Morgan fingerprint density at radius 1 is 1.15 bits per heavy atom. The second-order valence-electron chi connectivity index (χ2n) is 6.55. The van der Waals surface area contributed by atoms with Crippen molar-refractivity contribution in [2.75, 3.05) is 0 Å². The fourth-order valence-corrected chi connectivity index (χ4v) is 2.88. The van der Waals surface area contributed by atoms with Crippen molar-refractivity contribution in [3.63, 3.8) is 0 Å². The largest absolute Gasteiger partial charge is 0.350 e. The molecule has 3 aromatic rings. The molecule has 0 aliphatic heterocycles. The van der Waals surface area contributed by atoms with Gasteiger partial charge in [0.25, 0.3) is 5.91 Å². The number of hydrogen-bond acceptors (Lipinski definition) is 4. The molecule has 0 spiro atoms. The highest BCUT2D eigenvalue weighted by Gasteiger charge is 2.13. The summed E-state index contributed by atoms with van der Waals surface area (Å²) in [6, 6.07) is 14.0. The van der Waals surface area contributed by atoms with Crippen LogP contribution in [0.15, 0.2) is 48.8 Å². The Morgan fingerprint density at radius 2 is 1.92 bits per heavy atom. The van der Waals surface area contributed by atoms with Crippen LogP contribution in [0.4, 0.5) is 0 Å². The minimum Gasteiger partial charge on any atom is -0.350 e. The molecule has 1 amide bonds. The molecule has 134 valence electrons. The molecule has 0 radical (unpaired) electrons. The molecular weight excluding hydrogens is 326 g/mol. The van der Waals surface area contributed by atoms with Crippen molar-refractivity contribution in [2.24, 2.45) is 0 Å². The number of tetrazole rings is 1. The summed E-state index contributed by atoms with van der Waals surface area (Å²) in [6.07, 6.45) is 3.50. The molecular formula is C20H23N5O. The summed E-state index contributed by atoms with van der Waals surface area (Å²) >= 11 is 0. The first-order valence-electron chi connectivity index (χ1n) is 8.83. The van der Waals surface area contributed by atoms with Gasteiger partial charge in [0.2, 0.25) is 0 Å². The van der Waals surface area contributed by atoms with Gasteiger partial charge in [-0.2, -0.15) is 0 Å². The van der Waals surface area contributed by atoms with Crippen LogP contribution < -0.4 is 5.32 Å². The summed E-state index contributed by atoms with van der Waals surface area (Å²) in [5.41, 5.74) is 4.53. The molecule has 0 fully saturated rings. The van der Waals surface area contributed by atoms with E-state index in [0.717, 1.165) is 29.7 Å². The van der Waals surface area contributed by atoms with Crippen LogP contribution in [-0.2, 0) is 0 Å². The highest BCUT2D eigenvalue weighted by atomic mass is 16.1. The van der Waals surface area contributed by atoms with Crippen LogP contribution in [0.2, 0.25) is 0 Å². The maximum Gasteiger partial charge on any atom is 0.251 e. The molecule has 1 atom stereocenters. The molecule has 6 heteroatoms. The number of benzene rings is 2. The molecule has 1 heterocycles. The van der Waals surface area contributed by atoms with Crippen LogP contribution >= 0.6 is 0 Å². The molecule has 1 N–H and O–H groups in total. The van der Waals surface area contributed by atoms with Gasteiger partial charge in [0.15, 0.2) is 0 Å². The smallest absolute Gasteiger partial charge is 0.251 e. The Kier molecular flexibility index (Phi) is 5.41. The van der Waals surface area contributed by atoms with E-state index in [2.05, 4.69) is 59.0 Å². The molecule has 0 aliphatic rings. The zero-order chi connectivity index (χ0) is 18.5. The maximum atomic E-state index is 12.7. The average Bonchev–Trinajstić information content (AvgIpc) is 3.17. The van der Waals surface area contributed by atoms with Crippen molar-refractivity contribution in [3.8, 4) is 16.8 Å². The van der Waals surface area contributed by atoms with E-state index in [1.54, 1.807) is 4.68 Å². The van der Waals surface area contributed by atoms with E-state index in [1.807, 2.05) is 25.1 Å². The summed E-state index contributed by atoms with van der Waals surface area (Å²) in [6.45, 7) is 6.18. The number of aromatic nitrogens is 4. The fraction of sp³-hybridized carbons (Fsp3) is 0.300. The molecule has 0 aliphatic carbocycles. The van der Waals surface area contributed by atoms with Crippen molar-refractivity contribution in [2.45, 2.75) is 39.7 Å². The van der Waals surface area contributed by atoms with E-state index in [4.69, 9.17) is 0 Å². The third-order valence-corrected chi connectivity index (χ3v) is 4.28. The third-order valence-electron chi connectivity index (χ3n) is 4.28. The Hall–Kier alpha value is -3.02. The second kappa shape index (κ2) is 7.91. The normalized spacial score (nSPS) is 12.0. The van der Waals surface area contributed by atoms with Crippen molar-refractivity contribution in [1.82, 2.24) is 25.5 Å². The summed E-state index contributed by atoms with van der Waals surface area (Å²) < 4.78 is 1.56. The topological polar surface area (TPSA) is 72.7 Å². The molecule has 6 nitrogen and oxygen atoms in total. The number of amides is 1. The van der Waals surface area contributed by atoms with E-state index >= 15 is 0 Å². The van der Waals surface area contributed by atoms with Crippen molar-refractivity contribution < 1.29 is 4.79 Å². The highest BCUT2D eigenvalue weighted by Crippen LogP contribution is 2.24. The molecule has 2 aromatic carbocycles. The minimum absolute atomic E-state index is 0.0887. The first-order chi connectivity index (χ1) is 12.6. The Labute approximate surface area is 153 Å². The number of carbonyl (C=O) groups is 1. The summed E-state index contributed by atoms with van der Waals surface area (Å²) in [5, 5.41) is 14.4. The Bertz CT molecular complexity index is 872. The van der Waals surface area contributed by atoms with Gasteiger partial charge in [-0.15, -0.1) is 5.10 Å². The number of hydrogen-bond donors (Lipinski definition) is 1. The van der Waals surface area contributed by atoms with Gasteiger partial charge in [-0.05, 0) is 60.0 Å². The lowest BCUT2D eigenvalue weighted by Gasteiger charge is -2.14. The van der Waals surface area contributed by atoms with Gasteiger partial charge in [-0.3, -0.25) is 4.79 Å². The van der Waals surface area contributed by atoms with Crippen molar-refractivity contribution in [1.29, 1.82) is 0 Å². The third kappa shape index (κ3) is 4.14. The van der Waals surface area contributed by atoms with E-state index in [1.165, 1.54) is 11.9 Å². The Morgan fingerprint density at radius 3 is 2.58 bits per heavy atom. The van der Waals surface area contributed by atoms with Crippen molar-refractivity contribution >= 4 is 5.91 Å². The van der Waals surface area contributed by atoms with E-state index in [9.17, 15) is 4.79 Å². The van der Waals surface area contributed by atoms with Crippen LogP contribution in [0.1, 0.15) is 42.6 Å². The molecule has 1 aromatic heterocycles. The number of nitrogens with one attached hydrogen (secondary N) is 1. The zero-order valence-electron chi connectivity index (χ0n) is 15.3. The molecule has 1 unspecified atom stereocenters. The van der Waals surface area contributed by atoms with Gasteiger partial charge in [-0.25, -0.2) is 4.68 Å². The summed E-state index contributed by atoms with van der Waals surface area (Å²) in [5.74, 6) is -0.0887. The van der Waals surface area contributed by atoms with E-state index in [-0.39, 0.29) is 11.9 Å². The number of nitrogens with zero attached hydrogens (tertiary/aromatic N) is 4. The van der Waals surface area contributed by atoms with E-state index in [0.29, 0.717) is 5.56 Å².